The molecule has 1 fully saturated rings. The first-order chi connectivity index (χ1) is 13.5. The fourth-order valence-electron chi connectivity index (χ4n) is 3.63. The van der Waals surface area contributed by atoms with E-state index in [0.29, 0.717) is 28.3 Å². The average molecular weight is 381 g/mol. The van der Waals surface area contributed by atoms with Gasteiger partial charge in [0, 0.05) is 18.3 Å². The lowest BCUT2D eigenvalue weighted by Crippen LogP contribution is -2.28. The van der Waals surface area contributed by atoms with Crippen molar-refractivity contribution in [2.45, 2.75) is 38.6 Å². The van der Waals surface area contributed by atoms with E-state index in [1.54, 1.807) is 32.2 Å². The molecule has 1 aromatic heterocycles. The lowest BCUT2D eigenvalue weighted by molar-refractivity contribution is 0.368. The first-order valence-electron chi connectivity index (χ1n) is 9.16. The van der Waals surface area contributed by atoms with Crippen LogP contribution in [0.2, 0.25) is 0 Å². The molecule has 0 bridgehead atoms. The molecule has 7 heteroatoms. The molecule has 1 aliphatic rings. The van der Waals surface area contributed by atoms with Gasteiger partial charge in [0.15, 0.2) is 0 Å². The molecule has 1 aliphatic carbocycles. The summed E-state index contributed by atoms with van der Waals surface area (Å²) in [5.41, 5.74) is 0.861. The summed E-state index contributed by atoms with van der Waals surface area (Å²) in [6.07, 6.45) is 5.07. The minimum absolute atomic E-state index is 0.0313. The van der Waals surface area contributed by atoms with E-state index < -0.39 is 5.56 Å². The number of hydrogen-bond acceptors (Lipinski definition) is 6. The minimum atomic E-state index is -0.444. The SMILES string of the molecule is COc1ccc(OC)c(N=Cc2c(C)c(C#N)c(=O)n(C3CCCC3)c2O)c1. The Morgan fingerprint density at radius 3 is 2.61 bits per heavy atom. The first kappa shape index (κ1) is 19.5. The standard InChI is InChI=1S/C21H23N3O4/c1-13-16(11-22)20(25)24(14-6-4-5-7-14)21(26)17(13)12-23-18-10-15(27-2)8-9-19(18)28-3/h8-10,12,14,26H,4-7H2,1-3H3. The Hall–Kier alpha value is -3.27. The number of methoxy groups -OCH3 is 2. The summed E-state index contributed by atoms with van der Waals surface area (Å²) in [5.74, 6) is 1.00. The summed E-state index contributed by atoms with van der Waals surface area (Å²) in [6.45, 7) is 1.64. The second kappa shape index (κ2) is 8.17. The maximum absolute atomic E-state index is 12.7. The molecule has 3 rings (SSSR count). The fourth-order valence-corrected chi connectivity index (χ4v) is 3.63. The predicted molar refractivity (Wildman–Crippen MR) is 106 cm³/mol. The van der Waals surface area contributed by atoms with Gasteiger partial charge >= 0.3 is 0 Å². The Morgan fingerprint density at radius 2 is 2.00 bits per heavy atom. The predicted octanol–water partition coefficient (Wildman–Crippen LogP) is 3.62. The Labute approximate surface area is 163 Å². The number of benzene rings is 1. The van der Waals surface area contributed by atoms with Crippen LogP contribution in [0, 0.1) is 18.3 Å². The molecule has 0 radical (unpaired) electrons. The van der Waals surface area contributed by atoms with E-state index in [2.05, 4.69) is 4.99 Å². The van der Waals surface area contributed by atoms with Crippen molar-refractivity contribution in [3.63, 3.8) is 0 Å². The lowest BCUT2D eigenvalue weighted by Gasteiger charge is -2.19. The van der Waals surface area contributed by atoms with Crippen LogP contribution in [0.25, 0.3) is 0 Å². The molecule has 1 N–H and O–H groups in total. The number of aromatic nitrogens is 1. The fraction of sp³-hybridized carbons (Fsp3) is 0.381. The number of rotatable bonds is 5. The van der Waals surface area contributed by atoms with Crippen molar-refractivity contribution < 1.29 is 14.6 Å². The molecule has 28 heavy (non-hydrogen) atoms. The van der Waals surface area contributed by atoms with Crippen molar-refractivity contribution >= 4 is 11.9 Å². The van der Waals surface area contributed by atoms with Crippen LogP contribution < -0.4 is 15.0 Å². The number of hydrogen-bond donors (Lipinski definition) is 1. The monoisotopic (exact) mass is 381 g/mol. The number of nitriles is 1. The molecular weight excluding hydrogens is 358 g/mol. The zero-order valence-electron chi connectivity index (χ0n) is 16.2. The molecule has 2 aromatic rings. The second-order valence-electron chi connectivity index (χ2n) is 6.76. The third-order valence-electron chi connectivity index (χ3n) is 5.20. The molecule has 0 unspecified atom stereocenters. The van der Waals surface area contributed by atoms with Crippen LogP contribution in [-0.4, -0.2) is 30.1 Å². The van der Waals surface area contributed by atoms with Crippen LogP contribution in [0.15, 0.2) is 28.0 Å². The molecule has 0 atom stereocenters. The maximum atomic E-state index is 12.7. The van der Waals surface area contributed by atoms with Crippen molar-refractivity contribution in [2.75, 3.05) is 14.2 Å². The summed E-state index contributed by atoms with van der Waals surface area (Å²) in [7, 11) is 3.10. The van der Waals surface area contributed by atoms with Gasteiger partial charge in [0.25, 0.3) is 5.56 Å². The number of ether oxygens (including phenoxy) is 2. The van der Waals surface area contributed by atoms with Gasteiger partial charge in [0.1, 0.15) is 28.8 Å². The van der Waals surface area contributed by atoms with E-state index in [1.807, 2.05) is 6.07 Å². The molecule has 0 aliphatic heterocycles. The Morgan fingerprint density at radius 1 is 1.29 bits per heavy atom. The Kier molecular flexibility index (Phi) is 5.69. The number of pyridine rings is 1. The molecule has 1 heterocycles. The quantitative estimate of drug-likeness (QED) is 0.798. The van der Waals surface area contributed by atoms with Crippen molar-refractivity contribution in [1.82, 2.24) is 4.57 Å². The van der Waals surface area contributed by atoms with Gasteiger partial charge in [-0.3, -0.25) is 14.4 Å². The van der Waals surface area contributed by atoms with E-state index >= 15 is 0 Å². The van der Waals surface area contributed by atoms with Crippen molar-refractivity contribution in [3.05, 3.63) is 45.2 Å². The van der Waals surface area contributed by atoms with Crippen LogP contribution in [0.5, 0.6) is 17.4 Å². The summed E-state index contributed by atoms with van der Waals surface area (Å²) >= 11 is 0. The lowest BCUT2D eigenvalue weighted by atomic mass is 10.0. The van der Waals surface area contributed by atoms with Crippen LogP contribution in [-0.2, 0) is 0 Å². The van der Waals surface area contributed by atoms with Crippen molar-refractivity contribution in [1.29, 1.82) is 5.26 Å². The molecule has 0 spiro atoms. The molecular formula is C21H23N3O4. The van der Waals surface area contributed by atoms with Crippen LogP contribution >= 0.6 is 0 Å². The molecule has 146 valence electrons. The van der Waals surface area contributed by atoms with Gasteiger partial charge in [0.05, 0.1) is 19.8 Å². The zero-order chi connectivity index (χ0) is 20.3. The number of nitrogens with zero attached hydrogens (tertiary/aromatic N) is 3. The van der Waals surface area contributed by atoms with E-state index in [9.17, 15) is 15.2 Å². The third-order valence-corrected chi connectivity index (χ3v) is 5.20. The third kappa shape index (κ3) is 3.46. The zero-order valence-corrected chi connectivity index (χ0v) is 16.2. The highest BCUT2D eigenvalue weighted by atomic mass is 16.5. The van der Waals surface area contributed by atoms with E-state index in [0.717, 1.165) is 25.7 Å². The van der Waals surface area contributed by atoms with Crippen LogP contribution in [0.3, 0.4) is 0 Å². The van der Waals surface area contributed by atoms with Gasteiger partial charge in [-0.2, -0.15) is 5.26 Å². The average Bonchev–Trinajstić information content (AvgIpc) is 3.22. The molecule has 0 amide bonds. The molecule has 1 aromatic carbocycles. The van der Waals surface area contributed by atoms with E-state index in [-0.39, 0.29) is 17.5 Å². The van der Waals surface area contributed by atoms with E-state index in [4.69, 9.17) is 9.47 Å². The van der Waals surface area contributed by atoms with Crippen LogP contribution in [0.4, 0.5) is 5.69 Å². The largest absolute Gasteiger partial charge is 0.497 e. The molecule has 1 saturated carbocycles. The van der Waals surface area contributed by atoms with Gasteiger partial charge in [0.2, 0.25) is 5.88 Å². The minimum Gasteiger partial charge on any atom is -0.497 e. The van der Waals surface area contributed by atoms with E-state index in [1.165, 1.54) is 17.9 Å². The molecule has 7 nitrogen and oxygen atoms in total. The summed E-state index contributed by atoms with van der Waals surface area (Å²) in [6, 6.07) is 7.09. The summed E-state index contributed by atoms with van der Waals surface area (Å²) < 4.78 is 11.9. The van der Waals surface area contributed by atoms with Gasteiger partial charge in [-0.05, 0) is 37.5 Å². The number of aromatic hydroxyl groups is 1. The Balaban J connectivity index is 2.15. The maximum Gasteiger partial charge on any atom is 0.271 e. The first-order valence-corrected chi connectivity index (χ1v) is 9.16. The van der Waals surface area contributed by atoms with Gasteiger partial charge in [-0.1, -0.05) is 12.8 Å². The normalized spacial score (nSPS) is 14.4. The smallest absolute Gasteiger partial charge is 0.271 e. The summed E-state index contributed by atoms with van der Waals surface area (Å²) in [5, 5.41) is 20.3. The van der Waals surface area contributed by atoms with Crippen molar-refractivity contribution in [3.8, 4) is 23.4 Å². The second-order valence-corrected chi connectivity index (χ2v) is 6.76. The highest BCUT2D eigenvalue weighted by Gasteiger charge is 2.25. The highest BCUT2D eigenvalue weighted by Crippen LogP contribution is 2.35. The number of aliphatic imine (C=N–C) groups is 1. The Bertz CT molecular complexity index is 1010. The van der Waals surface area contributed by atoms with Crippen LogP contribution in [0.1, 0.15) is 48.4 Å². The molecule has 0 saturated heterocycles. The van der Waals surface area contributed by atoms with Gasteiger partial charge < -0.3 is 14.6 Å². The van der Waals surface area contributed by atoms with Gasteiger partial charge in [-0.15, -0.1) is 0 Å². The highest BCUT2D eigenvalue weighted by molar-refractivity contribution is 5.88. The van der Waals surface area contributed by atoms with Crippen molar-refractivity contribution in [2.24, 2.45) is 4.99 Å². The van der Waals surface area contributed by atoms with Gasteiger partial charge in [-0.25, -0.2) is 0 Å². The summed E-state index contributed by atoms with van der Waals surface area (Å²) in [4.78, 5) is 17.2. The topological polar surface area (TPSA) is 96.8 Å².